The maximum Gasteiger partial charge on any atom is 0.242 e. The standard InChI is InChI=1S/C22H27FN2O2/c1-16(2)14-24-22(27)17(3)25(15-19-11-7-8-12-20(19)23)21(26)13-18-9-5-4-6-10-18/h4-12,16-17H,13-15H2,1-3H3,(H,24,27)/t17-/m1/s1. The molecule has 0 aromatic heterocycles. The van der Waals surface area contributed by atoms with Crippen LogP contribution >= 0.6 is 0 Å². The van der Waals surface area contributed by atoms with Crippen molar-refractivity contribution in [3.63, 3.8) is 0 Å². The SMILES string of the molecule is CC(C)CNC(=O)[C@@H](C)N(Cc1ccccc1F)C(=O)Cc1ccccc1. The number of carbonyl (C=O) groups is 2. The highest BCUT2D eigenvalue weighted by atomic mass is 19.1. The average molecular weight is 370 g/mol. The Bertz CT molecular complexity index is 762. The number of nitrogens with one attached hydrogen (secondary N) is 1. The molecule has 144 valence electrons. The Kier molecular flexibility index (Phi) is 7.53. The normalized spacial score (nSPS) is 11.9. The molecule has 0 fully saturated rings. The number of hydrogen-bond donors (Lipinski definition) is 1. The molecular weight excluding hydrogens is 343 g/mol. The molecule has 0 aliphatic heterocycles. The molecule has 2 amide bonds. The first kappa shape index (κ1) is 20.6. The van der Waals surface area contributed by atoms with E-state index < -0.39 is 6.04 Å². The number of hydrogen-bond acceptors (Lipinski definition) is 2. The molecule has 2 rings (SSSR count). The van der Waals surface area contributed by atoms with Crippen LogP contribution in [0.15, 0.2) is 54.6 Å². The van der Waals surface area contributed by atoms with Crippen molar-refractivity contribution in [3.8, 4) is 0 Å². The topological polar surface area (TPSA) is 49.4 Å². The molecule has 5 heteroatoms. The van der Waals surface area contributed by atoms with Crippen molar-refractivity contribution >= 4 is 11.8 Å². The van der Waals surface area contributed by atoms with E-state index in [0.29, 0.717) is 18.0 Å². The molecule has 2 aromatic rings. The van der Waals surface area contributed by atoms with Gasteiger partial charge in [-0.1, -0.05) is 62.4 Å². The van der Waals surface area contributed by atoms with Crippen LogP contribution in [0.4, 0.5) is 4.39 Å². The number of benzene rings is 2. The molecule has 27 heavy (non-hydrogen) atoms. The largest absolute Gasteiger partial charge is 0.354 e. The number of amides is 2. The van der Waals surface area contributed by atoms with E-state index in [2.05, 4.69) is 5.32 Å². The van der Waals surface area contributed by atoms with Gasteiger partial charge in [0.05, 0.1) is 6.42 Å². The van der Waals surface area contributed by atoms with Gasteiger partial charge in [0, 0.05) is 18.7 Å². The maximum atomic E-state index is 14.1. The van der Waals surface area contributed by atoms with E-state index >= 15 is 0 Å². The summed E-state index contributed by atoms with van der Waals surface area (Å²) in [6.45, 7) is 6.27. The zero-order chi connectivity index (χ0) is 19.8. The van der Waals surface area contributed by atoms with Gasteiger partial charge in [0.2, 0.25) is 11.8 Å². The third-order valence-corrected chi connectivity index (χ3v) is 4.35. The molecule has 0 aliphatic carbocycles. The Morgan fingerprint density at radius 2 is 1.63 bits per heavy atom. The summed E-state index contributed by atoms with van der Waals surface area (Å²) in [6.07, 6.45) is 0.164. The lowest BCUT2D eigenvalue weighted by atomic mass is 10.1. The van der Waals surface area contributed by atoms with Gasteiger partial charge in [0.1, 0.15) is 11.9 Å². The van der Waals surface area contributed by atoms with E-state index in [0.717, 1.165) is 5.56 Å². The first-order chi connectivity index (χ1) is 12.9. The molecule has 0 saturated heterocycles. The summed E-state index contributed by atoms with van der Waals surface area (Å²) in [5, 5.41) is 2.85. The Morgan fingerprint density at radius 1 is 1.00 bits per heavy atom. The Morgan fingerprint density at radius 3 is 2.26 bits per heavy atom. The van der Waals surface area contributed by atoms with Crippen LogP contribution in [0.1, 0.15) is 31.9 Å². The number of rotatable bonds is 8. The van der Waals surface area contributed by atoms with Crippen molar-refractivity contribution in [1.82, 2.24) is 10.2 Å². The average Bonchev–Trinajstić information content (AvgIpc) is 2.65. The van der Waals surface area contributed by atoms with Crippen LogP contribution in [0.2, 0.25) is 0 Å². The minimum absolute atomic E-state index is 0.0502. The monoisotopic (exact) mass is 370 g/mol. The van der Waals surface area contributed by atoms with Gasteiger partial charge >= 0.3 is 0 Å². The molecule has 0 unspecified atom stereocenters. The smallest absolute Gasteiger partial charge is 0.242 e. The second kappa shape index (κ2) is 9.86. The summed E-state index contributed by atoms with van der Waals surface area (Å²) >= 11 is 0. The lowest BCUT2D eigenvalue weighted by Crippen LogP contribution is -2.48. The molecule has 1 N–H and O–H groups in total. The van der Waals surface area contributed by atoms with Crippen molar-refractivity contribution < 1.29 is 14.0 Å². The minimum Gasteiger partial charge on any atom is -0.354 e. The third-order valence-electron chi connectivity index (χ3n) is 4.35. The Hall–Kier alpha value is -2.69. The van der Waals surface area contributed by atoms with Crippen LogP contribution < -0.4 is 5.32 Å². The zero-order valence-corrected chi connectivity index (χ0v) is 16.1. The lowest BCUT2D eigenvalue weighted by molar-refractivity contribution is -0.140. The molecule has 2 aromatic carbocycles. The second-order valence-corrected chi connectivity index (χ2v) is 7.09. The van der Waals surface area contributed by atoms with E-state index in [1.807, 2.05) is 44.2 Å². The molecule has 0 aliphatic rings. The van der Waals surface area contributed by atoms with Crippen molar-refractivity contribution in [2.24, 2.45) is 5.92 Å². The number of carbonyl (C=O) groups excluding carboxylic acids is 2. The molecule has 0 saturated carbocycles. The van der Waals surface area contributed by atoms with Gasteiger partial charge in [-0.2, -0.15) is 0 Å². The minimum atomic E-state index is -0.695. The van der Waals surface area contributed by atoms with E-state index in [1.165, 1.54) is 11.0 Å². The summed E-state index contributed by atoms with van der Waals surface area (Å²) in [7, 11) is 0. The van der Waals surface area contributed by atoms with Crippen LogP contribution in [0.25, 0.3) is 0 Å². The summed E-state index contributed by atoms with van der Waals surface area (Å²) in [4.78, 5) is 26.9. The van der Waals surface area contributed by atoms with Crippen molar-refractivity contribution in [2.75, 3.05) is 6.54 Å². The van der Waals surface area contributed by atoms with E-state index in [4.69, 9.17) is 0 Å². The van der Waals surface area contributed by atoms with Crippen LogP contribution in [-0.2, 0) is 22.6 Å². The zero-order valence-electron chi connectivity index (χ0n) is 16.1. The van der Waals surface area contributed by atoms with Gasteiger partial charge in [0.15, 0.2) is 0 Å². The first-order valence-electron chi connectivity index (χ1n) is 9.23. The van der Waals surface area contributed by atoms with Crippen molar-refractivity contribution in [1.29, 1.82) is 0 Å². The molecule has 0 bridgehead atoms. The maximum absolute atomic E-state index is 14.1. The predicted octanol–water partition coefficient (Wildman–Crippen LogP) is 3.56. The Labute approximate surface area is 160 Å². The van der Waals surface area contributed by atoms with E-state index in [1.54, 1.807) is 25.1 Å². The van der Waals surface area contributed by atoms with Gasteiger partial charge in [-0.05, 0) is 24.5 Å². The fraction of sp³-hybridized carbons (Fsp3) is 0.364. The van der Waals surface area contributed by atoms with E-state index in [-0.39, 0.29) is 30.6 Å². The van der Waals surface area contributed by atoms with Gasteiger partial charge in [-0.3, -0.25) is 9.59 Å². The van der Waals surface area contributed by atoms with Crippen molar-refractivity contribution in [2.45, 2.75) is 39.8 Å². The fourth-order valence-corrected chi connectivity index (χ4v) is 2.72. The Balaban J connectivity index is 2.20. The molecular formula is C22H27FN2O2. The summed E-state index contributed by atoms with van der Waals surface area (Å²) in [5.74, 6) is -0.524. The second-order valence-electron chi connectivity index (χ2n) is 7.09. The molecule has 0 spiro atoms. The molecule has 0 heterocycles. The fourth-order valence-electron chi connectivity index (χ4n) is 2.72. The van der Waals surface area contributed by atoms with E-state index in [9.17, 15) is 14.0 Å². The van der Waals surface area contributed by atoms with Crippen molar-refractivity contribution in [3.05, 3.63) is 71.5 Å². The molecule has 1 atom stereocenters. The quantitative estimate of drug-likeness (QED) is 0.772. The number of halogens is 1. The summed E-state index contributed by atoms with van der Waals surface area (Å²) in [6, 6.07) is 15.0. The molecule has 4 nitrogen and oxygen atoms in total. The van der Waals surface area contributed by atoms with Crippen LogP contribution in [0.5, 0.6) is 0 Å². The lowest BCUT2D eigenvalue weighted by Gasteiger charge is -2.29. The van der Waals surface area contributed by atoms with Gasteiger partial charge in [-0.15, -0.1) is 0 Å². The predicted molar refractivity (Wildman–Crippen MR) is 104 cm³/mol. The third kappa shape index (κ3) is 6.20. The highest BCUT2D eigenvalue weighted by molar-refractivity contribution is 5.88. The van der Waals surface area contributed by atoms with Gasteiger partial charge in [-0.25, -0.2) is 4.39 Å². The van der Waals surface area contributed by atoms with Gasteiger partial charge < -0.3 is 10.2 Å². The number of nitrogens with zero attached hydrogens (tertiary/aromatic N) is 1. The van der Waals surface area contributed by atoms with Gasteiger partial charge in [0.25, 0.3) is 0 Å². The van der Waals surface area contributed by atoms with Crippen LogP contribution in [-0.4, -0.2) is 29.3 Å². The highest BCUT2D eigenvalue weighted by Crippen LogP contribution is 2.15. The highest BCUT2D eigenvalue weighted by Gasteiger charge is 2.26. The first-order valence-corrected chi connectivity index (χ1v) is 9.23. The summed E-state index contributed by atoms with van der Waals surface area (Å²) in [5.41, 5.74) is 1.25. The van der Waals surface area contributed by atoms with Crippen LogP contribution in [0, 0.1) is 11.7 Å². The summed E-state index contributed by atoms with van der Waals surface area (Å²) < 4.78 is 14.1. The molecule has 0 radical (unpaired) electrons. The van der Waals surface area contributed by atoms with Crippen LogP contribution in [0.3, 0.4) is 0 Å².